The summed E-state index contributed by atoms with van der Waals surface area (Å²) >= 11 is 0. The number of nitrogens with zero attached hydrogens (tertiary/aromatic N) is 1. The molecule has 0 spiro atoms. The van der Waals surface area contributed by atoms with Crippen LogP contribution in [0.1, 0.15) is 33.6 Å². The van der Waals surface area contributed by atoms with Gasteiger partial charge in [0.1, 0.15) is 5.60 Å². The fourth-order valence-electron chi connectivity index (χ4n) is 1.94. The van der Waals surface area contributed by atoms with Gasteiger partial charge < -0.3 is 25.0 Å². The molecule has 8 nitrogen and oxygen atoms in total. The number of ether oxygens (including phenoxy) is 2. The van der Waals surface area contributed by atoms with Gasteiger partial charge in [0.25, 0.3) is 5.91 Å². The zero-order valence-corrected chi connectivity index (χ0v) is 13.6. The van der Waals surface area contributed by atoms with Crippen LogP contribution >= 0.6 is 0 Å². The smallest absolute Gasteiger partial charge is 0.410 e. The van der Waals surface area contributed by atoms with Crippen molar-refractivity contribution < 1.29 is 23.9 Å². The van der Waals surface area contributed by atoms with E-state index in [9.17, 15) is 14.4 Å². The minimum Gasteiger partial charge on any atom is -0.444 e. The highest BCUT2D eigenvalue weighted by atomic mass is 16.6. The van der Waals surface area contributed by atoms with E-state index in [-0.39, 0.29) is 24.6 Å². The highest BCUT2D eigenvalue weighted by Crippen LogP contribution is 2.15. The monoisotopic (exact) mass is 315 g/mol. The lowest BCUT2D eigenvalue weighted by molar-refractivity contribution is -0.123. The van der Waals surface area contributed by atoms with Gasteiger partial charge in [0.05, 0.1) is 0 Å². The normalized spacial score (nSPS) is 15.9. The molecule has 22 heavy (non-hydrogen) atoms. The van der Waals surface area contributed by atoms with Gasteiger partial charge in [-0.05, 0) is 33.6 Å². The van der Waals surface area contributed by atoms with Crippen molar-refractivity contribution in [3.8, 4) is 0 Å². The van der Waals surface area contributed by atoms with Gasteiger partial charge in [-0.3, -0.25) is 4.79 Å². The molecule has 0 atom stereocenters. The molecule has 0 aromatic rings. The van der Waals surface area contributed by atoms with Crippen molar-refractivity contribution in [3.63, 3.8) is 0 Å². The number of nitrogens with one attached hydrogen (secondary N) is 2. The molecule has 1 saturated heterocycles. The number of amides is 3. The summed E-state index contributed by atoms with van der Waals surface area (Å²) in [6, 6.07) is -0.0733. The zero-order valence-electron chi connectivity index (χ0n) is 13.6. The van der Waals surface area contributed by atoms with Gasteiger partial charge in [0, 0.05) is 26.2 Å². The van der Waals surface area contributed by atoms with E-state index in [1.165, 1.54) is 7.05 Å². The number of carbonyl (C=O) groups excluding carboxylic acids is 3. The van der Waals surface area contributed by atoms with Crippen molar-refractivity contribution in [2.24, 2.45) is 0 Å². The van der Waals surface area contributed by atoms with Crippen LogP contribution in [0.25, 0.3) is 0 Å². The second kappa shape index (κ2) is 7.86. The van der Waals surface area contributed by atoms with Crippen molar-refractivity contribution in [2.75, 3.05) is 26.7 Å². The number of carbonyl (C=O) groups is 3. The van der Waals surface area contributed by atoms with Crippen molar-refractivity contribution in [2.45, 2.75) is 45.3 Å². The Bertz CT molecular complexity index is 411. The molecule has 1 aliphatic heterocycles. The van der Waals surface area contributed by atoms with Crippen LogP contribution in [-0.2, 0) is 14.3 Å². The van der Waals surface area contributed by atoms with Gasteiger partial charge in [-0.2, -0.15) is 0 Å². The molecule has 8 heteroatoms. The summed E-state index contributed by atoms with van der Waals surface area (Å²) in [4.78, 5) is 36.0. The molecule has 2 N–H and O–H groups in total. The van der Waals surface area contributed by atoms with Gasteiger partial charge in [-0.15, -0.1) is 0 Å². The molecular weight excluding hydrogens is 290 g/mol. The van der Waals surface area contributed by atoms with Crippen LogP contribution in [0, 0.1) is 0 Å². The van der Waals surface area contributed by atoms with Gasteiger partial charge >= 0.3 is 12.2 Å². The molecule has 1 aliphatic rings. The minimum absolute atomic E-state index is 0.0733. The van der Waals surface area contributed by atoms with Crippen LogP contribution in [0.15, 0.2) is 0 Å². The van der Waals surface area contributed by atoms with E-state index in [0.717, 1.165) is 0 Å². The minimum atomic E-state index is -0.626. The predicted molar refractivity (Wildman–Crippen MR) is 79.4 cm³/mol. The first-order chi connectivity index (χ1) is 10.2. The number of likely N-dealkylation sites (N-methyl/N-ethyl adjacent to an activating group) is 1. The lowest BCUT2D eigenvalue weighted by Gasteiger charge is -2.33. The Kier molecular flexibility index (Phi) is 6.45. The summed E-state index contributed by atoms with van der Waals surface area (Å²) in [5, 5.41) is 5.04. The Morgan fingerprint density at radius 3 is 2.27 bits per heavy atom. The Morgan fingerprint density at radius 2 is 1.77 bits per heavy atom. The van der Waals surface area contributed by atoms with Crippen LogP contribution in [0.5, 0.6) is 0 Å². The molecule has 0 radical (unpaired) electrons. The lowest BCUT2D eigenvalue weighted by Crippen LogP contribution is -2.48. The third-order valence-corrected chi connectivity index (χ3v) is 3.08. The van der Waals surface area contributed by atoms with Crippen molar-refractivity contribution in [3.05, 3.63) is 0 Å². The Labute approximate surface area is 130 Å². The van der Waals surface area contributed by atoms with E-state index in [1.54, 1.807) is 4.90 Å². The molecule has 0 saturated carbocycles. The first kappa shape index (κ1) is 18.1. The fourth-order valence-corrected chi connectivity index (χ4v) is 1.94. The van der Waals surface area contributed by atoms with Gasteiger partial charge in [-0.1, -0.05) is 0 Å². The summed E-state index contributed by atoms with van der Waals surface area (Å²) in [7, 11) is 1.47. The molecule has 3 amide bonds. The summed E-state index contributed by atoms with van der Waals surface area (Å²) in [5.74, 6) is -0.366. The predicted octanol–water partition coefficient (Wildman–Crippen LogP) is 0.858. The molecule has 0 bridgehead atoms. The van der Waals surface area contributed by atoms with E-state index < -0.39 is 11.7 Å². The molecule has 0 unspecified atom stereocenters. The van der Waals surface area contributed by atoms with Crippen molar-refractivity contribution in [1.82, 2.24) is 15.5 Å². The summed E-state index contributed by atoms with van der Waals surface area (Å²) < 4.78 is 10.1. The highest BCUT2D eigenvalue weighted by molar-refractivity contribution is 5.79. The van der Waals surface area contributed by atoms with Crippen molar-refractivity contribution >= 4 is 18.1 Å². The second-order valence-corrected chi connectivity index (χ2v) is 6.14. The topological polar surface area (TPSA) is 97.0 Å². The van der Waals surface area contributed by atoms with Crippen LogP contribution in [-0.4, -0.2) is 61.4 Å². The third kappa shape index (κ3) is 6.64. The number of likely N-dealkylation sites (tertiary alicyclic amines) is 1. The average molecular weight is 315 g/mol. The third-order valence-electron chi connectivity index (χ3n) is 3.08. The molecular formula is C14H25N3O5. The molecule has 126 valence electrons. The van der Waals surface area contributed by atoms with Crippen LogP contribution < -0.4 is 10.6 Å². The Balaban J connectivity index is 2.29. The van der Waals surface area contributed by atoms with Gasteiger partial charge in [-0.25, -0.2) is 9.59 Å². The quantitative estimate of drug-likeness (QED) is 0.805. The number of hydrogen-bond acceptors (Lipinski definition) is 5. The number of rotatable bonds is 3. The highest BCUT2D eigenvalue weighted by Gasteiger charge is 2.27. The largest absolute Gasteiger partial charge is 0.444 e. The Morgan fingerprint density at radius 1 is 1.18 bits per heavy atom. The molecule has 0 aromatic heterocycles. The summed E-state index contributed by atoms with van der Waals surface area (Å²) in [6.07, 6.45) is 0.273. The average Bonchev–Trinajstić information content (AvgIpc) is 2.43. The maximum absolute atomic E-state index is 11.9. The maximum atomic E-state index is 11.9. The van der Waals surface area contributed by atoms with Gasteiger partial charge in [0.2, 0.25) is 0 Å². The first-order valence-corrected chi connectivity index (χ1v) is 7.33. The zero-order chi connectivity index (χ0) is 16.8. The lowest BCUT2D eigenvalue weighted by atomic mass is 10.1. The second-order valence-electron chi connectivity index (χ2n) is 6.14. The molecule has 0 aromatic carbocycles. The molecule has 1 fully saturated rings. The van der Waals surface area contributed by atoms with Crippen molar-refractivity contribution in [1.29, 1.82) is 0 Å². The summed E-state index contributed by atoms with van der Waals surface area (Å²) in [5.41, 5.74) is -0.518. The number of piperidine rings is 1. The fraction of sp³-hybridized carbons (Fsp3) is 0.786. The summed E-state index contributed by atoms with van der Waals surface area (Å²) in [6.45, 7) is 6.18. The molecule has 1 rings (SSSR count). The van der Waals surface area contributed by atoms with Crippen LogP contribution in [0.3, 0.4) is 0 Å². The van der Waals surface area contributed by atoms with E-state index >= 15 is 0 Å². The van der Waals surface area contributed by atoms with E-state index in [4.69, 9.17) is 9.47 Å². The van der Waals surface area contributed by atoms with E-state index in [0.29, 0.717) is 25.9 Å². The van der Waals surface area contributed by atoms with E-state index in [1.807, 2.05) is 20.8 Å². The standard InChI is InChI=1S/C14H25N3O5/c1-14(2,3)22-13(20)17-7-5-10(6-8-17)16-12(19)21-9-11(18)15-4/h10H,5-9H2,1-4H3,(H,15,18)(H,16,19). The number of hydrogen-bond donors (Lipinski definition) is 2. The molecule has 1 heterocycles. The first-order valence-electron chi connectivity index (χ1n) is 7.33. The van der Waals surface area contributed by atoms with E-state index in [2.05, 4.69) is 10.6 Å². The maximum Gasteiger partial charge on any atom is 0.410 e. The molecule has 0 aliphatic carbocycles. The van der Waals surface area contributed by atoms with Gasteiger partial charge in [0.15, 0.2) is 6.61 Å². The van der Waals surface area contributed by atoms with Crippen LogP contribution in [0.2, 0.25) is 0 Å². The SMILES string of the molecule is CNC(=O)COC(=O)NC1CCN(C(=O)OC(C)(C)C)CC1. The number of alkyl carbamates (subject to hydrolysis) is 1. The Hall–Kier alpha value is -1.99. The van der Waals surface area contributed by atoms with Crippen LogP contribution in [0.4, 0.5) is 9.59 Å².